The van der Waals surface area contributed by atoms with Crippen LogP contribution < -0.4 is 9.47 Å². The maximum absolute atomic E-state index is 13.1. The third kappa shape index (κ3) is 4.46. The lowest BCUT2D eigenvalue weighted by Crippen LogP contribution is -2.50. The molecule has 1 aromatic heterocycles. The summed E-state index contributed by atoms with van der Waals surface area (Å²) >= 11 is 0. The number of hydrogen-bond donors (Lipinski definition) is 0. The van der Waals surface area contributed by atoms with Gasteiger partial charge in [-0.2, -0.15) is 0 Å². The van der Waals surface area contributed by atoms with E-state index < -0.39 is 0 Å². The van der Waals surface area contributed by atoms with Gasteiger partial charge in [0, 0.05) is 44.5 Å². The second kappa shape index (κ2) is 9.60. The number of rotatable bonds is 6. The molecule has 0 spiro atoms. The van der Waals surface area contributed by atoms with Crippen molar-refractivity contribution in [3.8, 4) is 11.5 Å². The lowest BCUT2D eigenvalue weighted by molar-refractivity contribution is 0.0529. The Hall–Kier alpha value is -3.74. The highest BCUT2D eigenvalue weighted by Crippen LogP contribution is 2.28. The Morgan fingerprint density at radius 1 is 0.781 bits per heavy atom. The predicted octanol–water partition coefficient (Wildman–Crippen LogP) is 3.15. The van der Waals surface area contributed by atoms with Crippen LogP contribution >= 0.6 is 0 Å². The molecule has 0 N–H and O–H groups in total. The summed E-state index contributed by atoms with van der Waals surface area (Å²) in [7, 11) is 3.11. The van der Waals surface area contributed by atoms with Crippen LogP contribution in [-0.2, 0) is 6.54 Å². The number of hydrogen-bond acceptors (Lipinski definition) is 4. The minimum Gasteiger partial charge on any atom is -0.493 e. The van der Waals surface area contributed by atoms with Gasteiger partial charge in [0.2, 0.25) is 0 Å². The van der Waals surface area contributed by atoms with E-state index in [0.29, 0.717) is 55.5 Å². The van der Waals surface area contributed by atoms with Crippen LogP contribution in [0.2, 0.25) is 0 Å². The van der Waals surface area contributed by atoms with Gasteiger partial charge in [0.1, 0.15) is 5.69 Å². The van der Waals surface area contributed by atoms with Crippen LogP contribution in [-0.4, -0.2) is 66.6 Å². The summed E-state index contributed by atoms with van der Waals surface area (Å²) in [5.41, 5.74) is 2.34. The molecule has 1 fully saturated rings. The fraction of sp³-hybridized carbons (Fsp3) is 0.280. The van der Waals surface area contributed by atoms with Gasteiger partial charge in [-0.15, -0.1) is 0 Å². The lowest BCUT2D eigenvalue weighted by atomic mass is 10.1. The summed E-state index contributed by atoms with van der Waals surface area (Å²) in [6.45, 7) is 2.60. The largest absolute Gasteiger partial charge is 0.493 e. The Bertz CT molecular complexity index is 1090. The monoisotopic (exact) mass is 433 g/mol. The number of benzene rings is 2. The maximum Gasteiger partial charge on any atom is 0.270 e. The number of amides is 2. The molecule has 4 rings (SSSR count). The zero-order chi connectivity index (χ0) is 22.5. The van der Waals surface area contributed by atoms with E-state index >= 15 is 0 Å². The summed E-state index contributed by atoms with van der Waals surface area (Å²) in [5.74, 6) is 1.01. The molecule has 0 saturated carbocycles. The molecule has 0 unspecified atom stereocenters. The number of nitrogens with zero attached hydrogens (tertiary/aromatic N) is 3. The van der Waals surface area contributed by atoms with Crippen LogP contribution in [0.1, 0.15) is 26.4 Å². The van der Waals surface area contributed by atoms with Crippen molar-refractivity contribution in [3.05, 3.63) is 83.7 Å². The van der Waals surface area contributed by atoms with Crippen molar-refractivity contribution in [2.45, 2.75) is 6.54 Å². The molecule has 1 aliphatic heterocycles. The van der Waals surface area contributed by atoms with E-state index in [-0.39, 0.29) is 11.8 Å². The van der Waals surface area contributed by atoms with E-state index in [1.807, 2.05) is 58.1 Å². The molecule has 2 aromatic carbocycles. The molecule has 7 heteroatoms. The first kappa shape index (κ1) is 21.5. The number of aromatic nitrogens is 1. The Morgan fingerprint density at radius 2 is 1.44 bits per heavy atom. The fourth-order valence-electron chi connectivity index (χ4n) is 3.95. The average molecular weight is 434 g/mol. The second-order valence-corrected chi connectivity index (χ2v) is 7.66. The van der Waals surface area contributed by atoms with Crippen LogP contribution in [0, 0.1) is 0 Å². The van der Waals surface area contributed by atoms with E-state index in [1.54, 1.807) is 37.3 Å². The van der Waals surface area contributed by atoms with Crippen molar-refractivity contribution in [3.63, 3.8) is 0 Å². The topological polar surface area (TPSA) is 64.0 Å². The van der Waals surface area contributed by atoms with Crippen molar-refractivity contribution in [2.24, 2.45) is 0 Å². The Labute approximate surface area is 187 Å². The average Bonchev–Trinajstić information content (AvgIpc) is 3.31. The van der Waals surface area contributed by atoms with Crippen LogP contribution in [0.4, 0.5) is 0 Å². The zero-order valence-electron chi connectivity index (χ0n) is 18.4. The SMILES string of the molecule is COc1ccc(C(=O)N2CCN(C(=O)c3cccn3Cc3ccccc3)CC2)cc1OC. The highest BCUT2D eigenvalue weighted by molar-refractivity contribution is 5.96. The van der Waals surface area contributed by atoms with Gasteiger partial charge in [-0.3, -0.25) is 9.59 Å². The van der Waals surface area contributed by atoms with Crippen molar-refractivity contribution >= 4 is 11.8 Å². The summed E-state index contributed by atoms with van der Waals surface area (Å²) < 4.78 is 12.5. The number of carbonyl (C=O) groups is 2. The normalized spacial score (nSPS) is 13.7. The Morgan fingerprint density at radius 3 is 2.09 bits per heavy atom. The Balaban J connectivity index is 1.39. The lowest BCUT2D eigenvalue weighted by Gasteiger charge is -2.35. The minimum absolute atomic E-state index is 0.0100. The zero-order valence-corrected chi connectivity index (χ0v) is 18.4. The third-order valence-corrected chi connectivity index (χ3v) is 5.73. The number of carbonyl (C=O) groups excluding carboxylic acids is 2. The molecule has 2 heterocycles. The molecule has 2 amide bonds. The van der Waals surface area contributed by atoms with E-state index in [0.717, 1.165) is 5.56 Å². The Kier molecular flexibility index (Phi) is 6.44. The van der Waals surface area contributed by atoms with E-state index in [9.17, 15) is 9.59 Å². The summed E-state index contributed by atoms with van der Waals surface area (Å²) in [5, 5.41) is 0. The molecular weight excluding hydrogens is 406 g/mol. The molecule has 0 radical (unpaired) electrons. The van der Waals surface area contributed by atoms with Crippen LogP contribution in [0.15, 0.2) is 66.9 Å². The van der Waals surface area contributed by atoms with Gasteiger partial charge in [-0.25, -0.2) is 0 Å². The molecular formula is C25H27N3O4. The molecule has 1 saturated heterocycles. The molecule has 1 aliphatic rings. The number of methoxy groups -OCH3 is 2. The highest BCUT2D eigenvalue weighted by Gasteiger charge is 2.27. The molecule has 0 bridgehead atoms. The number of ether oxygens (including phenoxy) is 2. The molecule has 0 atom stereocenters. The fourth-order valence-corrected chi connectivity index (χ4v) is 3.95. The van der Waals surface area contributed by atoms with Gasteiger partial charge in [0.25, 0.3) is 11.8 Å². The number of piperazine rings is 1. The van der Waals surface area contributed by atoms with Crippen molar-refractivity contribution < 1.29 is 19.1 Å². The first-order valence-corrected chi connectivity index (χ1v) is 10.6. The maximum atomic E-state index is 13.1. The standard InChI is InChI=1S/C25H27N3O4/c1-31-22-11-10-20(17-23(22)32-2)24(29)26-13-15-27(16-14-26)25(30)21-9-6-12-28(21)18-19-7-4-3-5-8-19/h3-12,17H,13-16,18H2,1-2H3. The quantitative estimate of drug-likeness (QED) is 0.599. The van der Waals surface area contributed by atoms with Crippen molar-refractivity contribution in [2.75, 3.05) is 40.4 Å². The second-order valence-electron chi connectivity index (χ2n) is 7.66. The van der Waals surface area contributed by atoms with Gasteiger partial charge in [0.05, 0.1) is 14.2 Å². The molecule has 7 nitrogen and oxygen atoms in total. The van der Waals surface area contributed by atoms with Gasteiger partial charge < -0.3 is 23.8 Å². The van der Waals surface area contributed by atoms with Crippen LogP contribution in [0.25, 0.3) is 0 Å². The van der Waals surface area contributed by atoms with Gasteiger partial charge >= 0.3 is 0 Å². The molecule has 3 aromatic rings. The van der Waals surface area contributed by atoms with Gasteiger partial charge in [-0.05, 0) is 35.9 Å². The van der Waals surface area contributed by atoms with Crippen LogP contribution in [0.5, 0.6) is 11.5 Å². The molecule has 32 heavy (non-hydrogen) atoms. The minimum atomic E-state index is -0.0782. The van der Waals surface area contributed by atoms with E-state index in [1.165, 1.54) is 0 Å². The predicted molar refractivity (Wildman–Crippen MR) is 121 cm³/mol. The smallest absolute Gasteiger partial charge is 0.270 e. The first-order chi connectivity index (χ1) is 15.6. The van der Waals surface area contributed by atoms with Crippen LogP contribution in [0.3, 0.4) is 0 Å². The molecule has 166 valence electrons. The summed E-state index contributed by atoms with van der Waals surface area (Å²) in [6.07, 6.45) is 1.93. The van der Waals surface area contributed by atoms with Gasteiger partial charge in [-0.1, -0.05) is 30.3 Å². The van der Waals surface area contributed by atoms with Gasteiger partial charge in [0.15, 0.2) is 11.5 Å². The van der Waals surface area contributed by atoms with Crippen molar-refractivity contribution in [1.82, 2.24) is 14.4 Å². The highest BCUT2D eigenvalue weighted by atomic mass is 16.5. The molecule has 0 aliphatic carbocycles. The third-order valence-electron chi connectivity index (χ3n) is 5.73. The van der Waals surface area contributed by atoms with E-state index in [2.05, 4.69) is 0 Å². The van der Waals surface area contributed by atoms with Crippen molar-refractivity contribution in [1.29, 1.82) is 0 Å². The summed E-state index contributed by atoms with van der Waals surface area (Å²) in [6, 6.07) is 19.0. The van der Waals surface area contributed by atoms with E-state index in [4.69, 9.17) is 9.47 Å². The summed E-state index contributed by atoms with van der Waals surface area (Å²) in [4.78, 5) is 29.7. The first-order valence-electron chi connectivity index (χ1n) is 10.6.